The van der Waals surface area contributed by atoms with E-state index in [1.807, 2.05) is 0 Å². The fourth-order valence-corrected chi connectivity index (χ4v) is 12.5. The van der Waals surface area contributed by atoms with Crippen LogP contribution in [0.5, 0.6) is 0 Å². The first-order chi connectivity index (χ1) is 15.5. The zero-order valence-electron chi connectivity index (χ0n) is 21.5. The van der Waals surface area contributed by atoms with Gasteiger partial charge in [0.25, 0.3) is 0 Å². The topological polar surface area (TPSA) is 58.6 Å². The number of unbranched alkanes of at least 4 members (excludes halogenated alkanes) is 15. The Kier molecular flexibility index (Phi) is 19.1. The summed E-state index contributed by atoms with van der Waals surface area (Å²) in [7, 11) is -4.10. The van der Waals surface area contributed by atoms with Crippen LogP contribution in [0.2, 0.25) is 21.3 Å². The zero-order valence-corrected chi connectivity index (χ0v) is 24.3. The van der Waals surface area contributed by atoms with Crippen molar-refractivity contribution in [3.8, 4) is 0 Å². The maximum atomic E-state index is 11.9. The molecule has 4 nitrogen and oxygen atoms in total. The molecule has 0 radical (unpaired) electrons. The summed E-state index contributed by atoms with van der Waals surface area (Å²) in [5.41, 5.74) is 2.42. The Morgan fingerprint density at radius 3 is 1.53 bits per heavy atom. The summed E-state index contributed by atoms with van der Waals surface area (Å²) in [5, 5.41) is 3.68. The van der Waals surface area contributed by atoms with Crippen molar-refractivity contribution >= 4 is 21.4 Å². The van der Waals surface area contributed by atoms with E-state index < -0.39 is 21.4 Å². The van der Waals surface area contributed by atoms with Crippen LogP contribution in [0.4, 0.5) is 0 Å². The molecule has 0 amide bonds. The molecule has 1 saturated heterocycles. The summed E-state index contributed by atoms with van der Waals surface area (Å²) in [5.74, 6) is 0. The number of phosphoric ester groups is 1. The van der Waals surface area contributed by atoms with Gasteiger partial charge in [0.2, 0.25) is 0 Å². The van der Waals surface area contributed by atoms with Crippen LogP contribution in [0.3, 0.4) is 0 Å². The van der Waals surface area contributed by atoms with E-state index in [9.17, 15) is 9.46 Å². The minimum atomic E-state index is -4.10. The molecule has 6 heteroatoms. The van der Waals surface area contributed by atoms with E-state index in [1.165, 1.54) is 120 Å². The van der Waals surface area contributed by atoms with Gasteiger partial charge in [-0.25, -0.2) is 0 Å². The predicted octanol–water partition coefficient (Wildman–Crippen LogP) is 9.01. The molecule has 0 bridgehead atoms. The Hall–Kier alpha value is 0.668. The van der Waals surface area contributed by atoms with Gasteiger partial charge in [-0.15, -0.1) is 0 Å². The standard InChI is InChI=1S/C26H54AsO4P/c1-3-4-5-6-7-8-9-10-11-12-13-14-15-16-17-21-25-30-32(28,29)31-26-24-27(2)22-19-18-20-23-27/h3-26H2,1-2H3. The van der Waals surface area contributed by atoms with E-state index >= 15 is 0 Å². The zero-order chi connectivity index (χ0) is 23.4. The molecular formula is C26H54AsO4P. The molecule has 1 fully saturated rings. The normalized spacial score (nSPS) is 18.0. The van der Waals surface area contributed by atoms with Crippen molar-refractivity contribution in [1.82, 2.24) is 0 Å². The number of hydrogen-bond donors (Lipinski definition) is 0. The Morgan fingerprint density at radius 1 is 0.656 bits per heavy atom. The Bertz CT molecular complexity index is 469. The Morgan fingerprint density at radius 2 is 1.06 bits per heavy atom. The van der Waals surface area contributed by atoms with Crippen LogP contribution in [-0.2, 0) is 13.6 Å². The molecule has 0 aromatic rings. The fourth-order valence-electron chi connectivity index (χ4n) is 4.74. The molecular weight excluding hydrogens is 482 g/mol. The molecule has 1 unspecified atom stereocenters. The van der Waals surface area contributed by atoms with Crippen LogP contribution in [0.1, 0.15) is 129 Å². The Labute approximate surface area is 203 Å². The van der Waals surface area contributed by atoms with Gasteiger partial charge in [0.05, 0.1) is 0 Å². The summed E-state index contributed by atoms with van der Waals surface area (Å²) < 4.78 is 22.2. The monoisotopic (exact) mass is 536 g/mol. The van der Waals surface area contributed by atoms with Gasteiger partial charge in [0, 0.05) is 0 Å². The van der Waals surface area contributed by atoms with Gasteiger partial charge in [-0.1, -0.05) is 71.1 Å². The summed E-state index contributed by atoms with van der Waals surface area (Å²) in [6.45, 7) is 2.89. The summed E-state index contributed by atoms with van der Waals surface area (Å²) in [6, 6.07) is 0. The van der Waals surface area contributed by atoms with E-state index in [0.717, 1.165) is 18.1 Å². The summed E-state index contributed by atoms with van der Waals surface area (Å²) in [6.07, 6.45) is 25.0. The van der Waals surface area contributed by atoms with Crippen LogP contribution in [0.25, 0.3) is 0 Å². The quantitative estimate of drug-likeness (QED) is 0.0787. The predicted molar refractivity (Wildman–Crippen MR) is 139 cm³/mol. The van der Waals surface area contributed by atoms with Crippen molar-refractivity contribution < 1.29 is 18.5 Å². The van der Waals surface area contributed by atoms with Crippen molar-refractivity contribution in [2.24, 2.45) is 0 Å². The van der Waals surface area contributed by atoms with Crippen molar-refractivity contribution in [3.63, 3.8) is 0 Å². The molecule has 1 aliphatic heterocycles. The van der Waals surface area contributed by atoms with Crippen molar-refractivity contribution in [2.75, 3.05) is 13.2 Å². The second-order valence-electron chi connectivity index (χ2n) is 10.3. The van der Waals surface area contributed by atoms with Crippen LogP contribution in [0.15, 0.2) is 0 Å². The van der Waals surface area contributed by atoms with Crippen LogP contribution in [-0.4, -0.2) is 26.8 Å². The third-order valence-electron chi connectivity index (χ3n) is 7.02. The van der Waals surface area contributed by atoms with E-state index in [1.54, 1.807) is 0 Å². The molecule has 192 valence electrons. The molecule has 1 heterocycles. The first kappa shape index (κ1) is 30.7. The summed E-state index contributed by atoms with van der Waals surface area (Å²) >= 11 is -1.61. The number of rotatable bonds is 22. The average molecular weight is 537 g/mol. The maximum absolute atomic E-state index is 11.9. The molecule has 0 aromatic heterocycles. The molecule has 1 rings (SSSR count). The van der Waals surface area contributed by atoms with E-state index in [-0.39, 0.29) is 6.61 Å². The molecule has 32 heavy (non-hydrogen) atoms. The van der Waals surface area contributed by atoms with Crippen molar-refractivity contribution in [2.45, 2.75) is 150 Å². The van der Waals surface area contributed by atoms with Gasteiger partial charge in [-0.2, -0.15) is 0 Å². The molecule has 1 aliphatic rings. The average Bonchev–Trinajstić information content (AvgIpc) is 2.76. The van der Waals surface area contributed by atoms with Gasteiger partial charge >= 0.3 is 132 Å². The summed E-state index contributed by atoms with van der Waals surface area (Å²) in [4.78, 5) is 11.9. The molecule has 0 spiro atoms. The van der Waals surface area contributed by atoms with Crippen LogP contribution < -0.4 is 4.89 Å². The number of hydrogen-bond acceptors (Lipinski definition) is 4. The van der Waals surface area contributed by atoms with Gasteiger partial charge in [0.1, 0.15) is 0 Å². The van der Waals surface area contributed by atoms with E-state index in [0.29, 0.717) is 6.61 Å². The number of phosphoric acid groups is 1. The Balaban J connectivity index is 1.82. The second-order valence-corrected chi connectivity index (χ2v) is 21.3. The van der Waals surface area contributed by atoms with Crippen LogP contribution >= 0.6 is 7.82 Å². The SMILES string of the molecule is CCCCCCCCCCCCCCCCCCOP(=O)([O-])OCC[As+]1(C)CCCCC1. The van der Waals surface area contributed by atoms with Crippen molar-refractivity contribution in [3.05, 3.63) is 0 Å². The van der Waals surface area contributed by atoms with E-state index in [4.69, 9.17) is 9.05 Å². The second kappa shape index (κ2) is 19.9. The third-order valence-corrected chi connectivity index (χ3v) is 16.5. The van der Waals surface area contributed by atoms with Crippen molar-refractivity contribution in [1.29, 1.82) is 0 Å². The van der Waals surface area contributed by atoms with E-state index in [2.05, 4.69) is 12.6 Å². The first-order valence-electron chi connectivity index (χ1n) is 13.9. The fraction of sp³-hybridized carbons (Fsp3) is 1.00. The third kappa shape index (κ3) is 18.1. The molecule has 0 saturated carbocycles. The first-order valence-corrected chi connectivity index (χ1v) is 21.2. The molecule has 0 N–H and O–H groups in total. The molecule has 1 atom stereocenters. The van der Waals surface area contributed by atoms with Gasteiger partial charge in [-0.05, 0) is 0 Å². The molecule has 0 aromatic carbocycles. The molecule has 0 aliphatic carbocycles. The van der Waals surface area contributed by atoms with Gasteiger partial charge in [0.15, 0.2) is 0 Å². The van der Waals surface area contributed by atoms with Gasteiger partial charge in [-0.3, -0.25) is 0 Å². The van der Waals surface area contributed by atoms with Crippen LogP contribution in [0, 0.1) is 0 Å². The van der Waals surface area contributed by atoms with Gasteiger partial charge < -0.3 is 0 Å². The minimum absolute atomic E-state index is 0.274.